The number of alkyl halides is 2. The molecule has 1 aromatic heterocycles. The van der Waals surface area contributed by atoms with E-state index >= 15 is 0 Å². The fourth-order valence-corrected chi connectivity index (χ4v) is 3.43. The maximum Gasteiger partial charge on any atom is 0.295 e. The van der Waals surface area contributed by atoms with Crippen molar-refractivity contribution in [2.75, 3.05) is 0 Å². The lowest BCUT2D eigenvalue weighted by atomic mass is 9.86. The van der Waals surface area contributed by atoms with Crippen molar-refractivity contribution in [1.82, 2.24) is 0 Å². The minimum absolute atomic E-state index is 0.0117. The number of halogens is 2. The first-order valence-corrected chi connectivity index (χ1v) is 9.17. The lowest BCUT2D eigenvalue weighted by Gasteiger charge is -2.27. The second kappa shape index (κ2) is 7.87. The van der Waals surface area contributed by atoms with Crippen LogP contribution in [0.25, 0.3) is 6.08 Å². The van der Waals surface area contributed by atoms with Gasteiger partial charge in [0.15, 0.2) is 17.1 Å². The fourth-order valence-electron chi connectivity index (χ4n) is 3.43. The van der Waals surface area contributed by atoms with Crippen LogP contribution in [0, 0.1) is 0 Å². The van der Waals surface area contributed by atoms with Crippen LogP contribution in [0.4, 0.5) is 8.78 Å². The molecule has 0 spiro atoms. The molecule has 2 aromatic carbocycles. The van der Waals surface area contributed by atoms with E-state index < -0.39 is 23.6 Å². The maximum atomic E-state index is 13.8. The second-order valence-corrected chi connectivity index (χ2v) is 6.73. The molecule has 3 aromatic rings. The maximum absolute atomic E-state index is 13.8. The first kappa shape index (κ1) is 18.9. The van der Waals surface area contributed by atoms with Gasteiger partial charge in [0, 0.05) is 6.42 Å². The zero-order chi connectivity index (χ0) is 20.3. The number of furan rings is 1. The van der Waals surface area contributed by atoms with Crippen molar-refractivity contribution in [1.29, 1.82) is 0 Å². The molecule has 3 nitrogen and oxygen atoms in total. The fraction of sp³-hybridized carbons (Fsp3) is 0.125. The number of hydrogen-bond acceptors (Lipinski definition) is 3. The molecule has 146 valence electrons. The monoisotopic (exact) mass is 392 g/mol. The second-order valence-electron chi connectivity index (χ2n) is 6.73. The summed E-state index contributed by atoms with van der Waals surface area (Å²) in [5.74, 6) is -1.18. The van der Waals surface area contributed by atoms with Gasteiger partial charge in [0.2, 0.25) is 5.78 Å². The van der Waals surface area contributed by atoms with E-state index in [0.717, 1.165) is 5.56 Å². The van der Waals surface area contributed by atoms with Gasteiger partial charge in [-0.2, -0.15) is 0 Å². The van der Waals surface area contributed by atoms with E-state index in [1.165, 1.54) is 12.3 Å². The molecule has 1 aliphatic heterocycles. The molecule has 0 radical (unpaired) electrons. The summed E-state index contributed by atoms with van der Waals surface area (Å²) in [5, 5.41) is 0. The number of ketones is 1. The number of benzene rings is 2. The lowest BCUT2D eigenvalue weighted by molar-refractivity contribution is 0.0143. The molecule has 0 bridgehead atoms. The summed E-state index contributed by atoms with van der Waals surface area (Å²) < 4.78 is 38.6. The highest BCUT2D eigenvalue weighted by Gasteiger charge is 2.45. The summed E-state index contributed by atoms with van der Waals surface area (Å²) in [6.07, 6.45) is 1.96. The third-order valence-electron chi connectivity index (χ3n) is 4.85. The smallest absolute Gasteiger partial charge is 0.295 e. The molecule has 4 rings (SSSR count). The van der Waals surface area contributed by atoms with E-state index in [1.807, 2.05) is 54.6 Å². The van der Waals surface area contributed by atoms with Gasteiger partial charge >= 0.3 is 0 Å². The van der Waals surface area contributed by atoms with Gasteiger partial charge in [0.1, 0.15) is 0 Å². The van der Waals surface area contributed by atoms with Gasteiger partial charge in [-0.1, -0.05) is 66.7 Å². The Morgan fingerprint density at radius 1 is 0.966 bits per heavy atom. The van der Waals surface area contributed by atoms with Gasteiger partial charge in [-0.05, 0) is 29.3 Å². The Hall–Kier alpha value is -3.47. The Bertz CT molecular complexity index is 1040. The minimum Gasteiger partial charge on any atom is -0.476 e. The molecular formula is C24H18F2O3. The largest absolute Gasteiger partial charge is 0.476 e. The topological polar surface area (TPSA) is 39.4 Å². The minimum atomic E-state index is -2.92. The third kappa shape index (κ3) is 3.76. The normalized spacial score (nSPS) is 19.1. The number of rotatable bonds is 6. The van der Waals surface area contributed by atoms with Crippen molar-refractivity contribution in [3.05, 3.63) is 113 Å². The average molecular weight is 392 g/mol. The van der Waals surface area contributed by atoms with E-state index in [1.54, 1.807) is 24.3 Å². The molecule has 1 atom stereocenters. The van der Waals surface area contributed by atoms with E-state index in [4.69, 9.17) is 9.15 Å². The Morgan fingerprint density at radius 2 is 1.66 bits per heavy atom. The quantitative estimate of drug-likeness (QED) is 0.482. The summed E-state index contributed by atoms with van der Waals surface area (Å²) in [6, 6.07) is 21.6. The first-order chi connectivity index (χ1) is 14.1. The Morgan fingerprint density at radius 3 is 2.28 bits per heavy atom. The number of hydrogen-bond donors (Lipinski definition) is 0. The zero-order valence-electron chi connectivity index (χ0n) is 15.4. The van der Waals surface area contributed by atoms with E-state index in [9.17, 15) is 13.6 Å². The van der Waals surface area contributed by atoms with Crippen LogP contribution < -0.4 is 0 Å². The van der Waals surface area contributed by atoms with Crippen LogP contribution in [0.3, 0.4) is 0 Å². The van der Waals surface area contributed by atoms with Crippen molar-refractivity contribution in [2.24, 2.45) is 0 Å². The molecule has 5 heteroatoms. The van der Waals surface area contributed by atoms with E-state index in [2.05, 4.69) is 0 Å². The molecule has 0 fully saturated rings. The molecule has 0 aliphatic carbocycles. The van der Waals surface area contributed by atoms with Crippen LogP contribution in [0.1, 0.15) is 28.1 Å². The SMILES string of the molecule is O=C(C1=C(C(F)F)OC(/C=C/c2ccccc2)(c2ccccc2)C1)c1ccco1. The van der Waals surface area contributed by atoms with Gasteiger partial charge in [-0.3, -0.25) is 4.79 Å². The standard InChI is InChI=1S/C24H18F2O3/c25-23(26)22-19(21(27)20-12-7-15-28-20)16-24(29-22,18-10-5-2-6-11-18)14-13-17-8-3-1-4-9-17/h1-15,23H,16H2/b14-13+. The van der Waals surface area contributed by atoms with Crippen molar-refractivity contribution in [2.45, 2.75) is 18.4 Å². The van der Waals surface area contributed by atoms with Crippen LogP contribution >= 0.6 is 0 Å². The Labute approximate surface area is 166 Å². The predicted molar refractivity (Wildman–Crippen MR) is 105 cm³/mol. The number of carbonyl (C=O) groups excluding carboxylic acids is 1. The van der Waals surface area contributed by atoms with Gasteiger partial charge in [-0.25, -0.2) is 8.78 Å². The van der Waals surface area contributed by atoms with Gasteiger partial charge in [0.25, 0.3) is 6.43 Å². The number of ether oxygens (including phenoxy) is 1. The molecule has 0 amide bonds. The van der Waals surface area contributed by atoms with E-state index in [-0.39, 0.29) is 17.8 Å². The number of allylic oxidation sites excluding steroid dienone is 1. The van der Waals surface area contributed by atoms with Crippen molar-refractivity contribution >= 4 is 11.9 Å². The van der Waals surface area contributed by atoms with E-state index in [0.29, 0.717) is 5.56 Å². The first-order valence-electron chi connectivity index (χ1n) is 9.17. The highest BCUT2D eigenvalue weighted by Crippen LogP contribution is 2.46. The lowest BCUT2D eigenvalue weighted by Crippen LogP contribution is -2.24. The number of carbonyl (C=O) groups is 1. The van der Waals surface area contributed by atoms with Crippen LogP contribution in [-0.4, -0.2) is 12.2 Å². The van der Waals surface area contributed by atoms with Crippen molar-refractivity contribution in [3.63, 3.8) is 0 Å². The van der Waals surface area contributed by atoms with Gasteiger partial charge < -0.3 is 9.15 Å². The average Bonchev–Trinajstić information content (AvgIpc) is 3.42. The molecule has 0 N–H and O–H groups in total. The molecule has 29 heavy (non-hydrogen) atoms. The zero-order valence-corrected chi connectivity index (χ0v) is 15.4. The summed E-state index contributed by atoms with van der Waals surface area (Å²) in [7, 11) is 0. The molecular weight excluding hydrogens is 374 g/mol. The predicted octanol–water partition coefficient (Wildman–Crippen LogP) is 6.01. The molecule has 0 saturated carbocycles. The van der Waals surface area contributed by atoms with Crippen molar-refractivity contribution in [3.8, 4) is 0 Å². The molecule has 2 heterocycles. The Kier molecular flexibility index (Phi) is 5.12. The summed E-state index contributed by atoms with van der Waals surface area (Å²) in [5.41, 5.74) is 0.306. The van der Waals surface area contributed by atoms with Gasteiger partial charge in [-0.15, -0.1) is 0 Å². The van der Waals surface area contributed by atoms with Crippen LogP contribution in [-0.2, 0) is 10.3 Å². The van der Waals surface area contributed by atoms with Crippen LogP contribution in [0.2, 0.25) is 0 Å². The highest BCUT2D eigenvalue weighted by atomic mass is 19.3. The molecule has 1 aliphatic rings. The summed E-state index contributed by atoms with van der Waals surface area (Å²) in [6.45, 7) is 0. The van der Waals surface area contributed by atoms with Gasteiger partial charge in [0.05, 0.1) is 11.8 Å². The van der Waals surface area contributed by atoms with Crippen LogP contribution in [0.5, 0.6) is 0 Å². The van der Waals surface area contributed by atoms with Crippen LogP contribution in [0.15, 0.2) is 101 Å². The third-order valence-corrected chi connectivity index (χ3v) is 4.85. The molecule has 1 unspecified atom stereocenters. The highest BCUT2D eigenvalue weighted by molar-refractivity contribution is 6.07. The molecule has 0 saturated heterocycles. The number of Topliss-reactive ketones (excluding diaryl/α,β-unsaturated/α-hetero) is 1. The van der Waals surface area contributed by atoms with Crippen molar-refractivity contribution < 1.29 is 22.7 Å². The summed E-state index contributed by atoms with van der Waals surface area (Å²) in [4.78, 5) is 12.8. The Balaban J connectivity index is 1.77. The summed E-state index contributed by atoms with van der Waals surface area (Å²) >= 11 is 0.